The lowest BCUT2D eigenvalue weighted by molar-refractivity contribution is 0.594. The SMILES string of the molecule is CCCc1ccc(S(=O)(=O)N(C)c2ccccn2)cc1. The topological polar surface area (TPSA) is 50.3 Å². The summed E-state index contributed by atoms with van der Waals surface area (Å²) >= 11 is 0. The maximum Gasteiger partial charge on any atom is 0.265 e. The largest absolute Gasteiger partial charge is 0.265 e. The normalized spacial score (nSPS) is 11.3. The molecule has 0 bridgehead atoms. The van der Waals surface area contributed by atoms with Crippen molar-refractivity contribution in [2.75, 3.05) is 11.4 Å². The highest BCUT2D eigenvalue weighted by Gasteiger charge is 2.21. The number of pyridine rings is 1. The molecule has 2 aromatic rings. The van der Waals surface area contributed by atoms with Crippen molar-refractivity contribution < 1.29 is 8.42 Å². The lowest BCUT2D eigenvalue weighted by Crippen LogP contribution is -2.27. The molecule has 0 spiro atoms. The Morgan fingerprint density at radius 1 is 1.10 bits per heavy atom. The molecule has 5 heteroatoms. The molecule has 0 saturated heterocycles. The van der Waals surface area contributed by atoms with Gasteiger partial charge in [-0.1, -0.05) is 31.5 Å². The van der Waals surface area contributed by atoms with Crippen molar-refractivity contribution in [3.63, 3.8) is 0 Å². The van der Waals surface area contributed by atoms with Gasteiger partial charge in [0.2, 0.25) is 0 Å². The predicted octanol–water partition coefficient (Wildman–Crippen LogP) is 2.86. The van der Waals surface area contributed by atoms with E-state index in [0.29, 0.717) is 5.82 Å². The van der Waals surface area contributed by atoms with Crippen molar-refractivity contribution in [1.82, 2.24) is 4.98 Å². The van der Waals surface area contributed by atoms with Gasteiger partial charge in [-0.2, -0.15) is 0 Å². The Kier molecular flexibility index (Phi) is 4.39. The van der Waals surface area contributed by atoms with Gasteiger partial charge in [0.05, 0.1) is 4.90 Å². The Labute approximate surface area is 120 Å². The van der Waals surface area contributed by atoms with Gasteiger partial charge in [-0.3, -0.25) is 4.31 Å². The van der Waals surface area contributed by atoms with Gasteiger partial charge >= 0.3 is 0 Å². The van der Waals surface area contributed by atoms with Crippen LogP contribution in [-0.4, -0.2) is 20.4 Å². The minimum atomic E-state index is -3.55. The zero-order valence-corrected chi connectivity index (χ0v) is 12.5. The third-order valence-electron chi connectivity index (χ3n) is 3.09. The van der Waals surface area contributed by atoms with E-state index in [0.717, 1.165) is 18.4 Å². The molecule has 0 aliphatic rings. The van der Waals surface area contributed by atoms with Gasteiger partial charge in [-0.05, 0) is 36.2 Å². The summed E-state index contributed by atoms with van der Waals surface area (Å²) in [7, 11) is -2.04. The maximum absolute atomic E-state index is 12.5. The molecule has 0 N–H and O–H groups in total. The maximum atomic E-state index is 12.5. The van der Waals surface area contributed by atoms with E-state index < -0.39 is 10.0 Å². The van der Waals surface area contributed by atoms with Crippen LogP contribution in [0.4, 0.5) is 5.82 Å². The highest BCUT2D eigenvalue weighted by molar-refractivity contribution is 7.92. The van der Waals surface area contributed by atoms with Gasteiger partial charge in [-0.25, -0.2) is 13.4 Å². The first-order valence-electron chi connectivity index (χ1n) is 6.54. The molecule has 0 fully saturated rings. The summed E-state index contributed by atoms with van der Waals surface area (Å²) in [4.78, 5) is 4.35. The van der Waals surface area contributed by atoms with Crippen LogP contribution in [0.15, 0.2) is 53.6 Å². The number of hydrogen-bond donors (Lipinski definition) is 0. The fourth-order valence-electron chi connectivity index (χ4n) is 1.94. The first kappa shape index (κ1) is 14.5. The molecular weight excluding hydrogens is 272 g/mol. The van der Waals surface area contributed by atoms with Gasteiger partial charge in [0.15, 0.2) is 0 Å². The Morgan fingerprint density at radius 3 is 2.35 bits per heavy atom. The summed E-state index contributed by atoms with van der Waals surface area (Å²) in [6, 6.07) is 12.2. The minimum absolute atomic E-state index is 0.283. The van der Waals surface area contributed by atoms with Crippen LogP contribution in [0.2, 0.25) is 0 Å². The van der Waals surface area contributed by atoms with Crippen LogP contribution >= 0.6 is 0 Å². The number of aryl methyl sites for hydroxylation is 1. The smallest absolute Gasteiger partial charge is 0.253 e. The molecule has 0 unspecified atom stereocenters. The van der Waals surface area contributed by atoms with E-state index in [1.54, 1.807) is 36.5 Å². The molecule has 0 saturated carbocycles. The molecule has 1 aromatic carbocycles. The third kappa shape index (κ3) is 2.99. The van der Waals surface area contributed by atoms with Crippen LogP contribution in [0.3, 0.4) is 0 Å². The molecule has 2 rings (SSSR count). The Morgan fingerprint density at radius 2 is 1.80 bits per heavy atom. The molecule has 1 aromatic heterocycles. The van der Waals surface area contributed by atoms with Gasteiger partial charge in [0.1, 0.15) is 5.82 Å². The molecule has 4 nitrogen and oxygen atoms in total. The average Bonchev–Trinajstić information content (AvgIpc) is 2.48. The summed E-state index contributed by atoms with van der Waals surface area (Å²) in [6.07, 6.45) is 3.57. The number of sulfonamides is 1. The van der Waals surface area contributed by atoms with Crippen molar-refractivity contribution in [3.8, 4) is 0 Å². The van der Waals surface area contributed by atoms with E-state index in [1.165, 1.54) is 11.4 Å². The minimum Gasteiger partial charge on any atom is -0.253 e. The third-order valence-corrected chi connectivity index (χ3v) is 4.87. The second-order valence-corrected chi connectivity index (χ2v) is 6.52. The van der Waals surface area contributed by atoms with Gasteiger partial charge in [0.25, 0.3) is 10.0 Å². The number of hydrogen-bond acceptors (Lipinski definition) is 3. The van der Waals surface area contributed by atoms with Gasteiger partial charge < -0.3 is 0 Å². The molecule has 0 aliphatic carbocycles. The first-order chi connectivity index (χ1) is 9.55. The molecule has 0 amide bonds. The summed E-state index contributed by atoms with van der Waals surface area (Å²) in [5, 5.41) is 0. The van der Waals surface area contributed by atoms with E-state index in [-0.39, 0.29) is 4.90 Å². The van der Waals surface area contributed by atoms with Crippen LogP contribution in [0.5, 0.6) is 0 Å². The predicted molar refractivity (Wildman–Crippen MR) is 80.3 cm³/mol. The summed E-state index contributed by atoms with van der Waals surface area (Å²) in [5.74, 6) is 0.408. The number of nitrogens with zero attached hydrogens (tertiary/aromatic N) is 2. The Hall–Kier alpha value is -1.88. The monoisotopic (exact) mass is 290 g/mol. The zero-order valence-electron chi connectivity index (χ0n) is 11.7. The van der Waals surface area contributed by atoms with Crippen molar-refractivity contribution >= 4 is 15.8 Å². The molecule has 0 aliphatic heterocycles. The van der Waals surface area contributed by atoms with Crippen LogP contribution in [-0.2, 0) is 16.4 Å². The summed E-state index contributed by atoms with van der Waals surface area (Å²) in [6.45, 7) is 2.10. The summed E-state index contributed by atoms with van der Waals surface area (Å²) in [5.41, 5.74) is 1.15. The number of benzene rings is 1. The number of anilines is 1. The van der Waals surface area contributed by atoms with E-state index in [1.807, 2.05) is 12.1 Å². The number of rotatable bonds is 5. The fourth-order valence-corrected chi connectivity index (χ4v) is 3.09. The standard InChI is InChI=1S/C15H18N2O2S/c1-3-6-13-8-10-14(11-9-13)20(18,19)17(2)15-7-4-5-12-16-15/h4-5,7-12H,3,6H2,1-2H3. The van der Waals surface area contributed by atoms with E-state index in [4.69, 9.17) is 0 Å². The quantitative estimate of drug-likeness (QED) is 0.851. The van der Waals surface area contributed by atoms with Crippen molar-refractivity contribution in [2.24, 2.45) is 0 Å². The lowest BCUT2D eigenvalue weighted by Gasteiger charge is -2.18. The molecule has 0 radical (unpaired) electrons. The highest BCUT2D eigenvalue weighted by atomic mass is 32.2. The van der Waals surface area contributed by atoms with E-state index in [2.05, 4.69) is 11.9 Å². The van der Waals surface area contributed by atoms with E-state index >= 15 is 0 Å². The van der Waals surface area contributed by atoms with Gasteiger partial charge in [-0.15, -0.1) is 0 Å². The Bertz CT molecular complexity index is 652. The molecule has 106 valence electrons. The molecule has 0 atom stereocenters. The van der Waals surface area contributed by atoms with Crippen molar-refractivity contribution in [1.29, 1.82) is 0 Å². The summed E-state index contributed by atoms with van der Waals surface area (Å²) < 4.78 is 26.2. The van der Waals surface area contributed by atoms with Crippen LogP contribution in [0.25, 0.3) is 0 Å². The number of aromatic nitrogens is 1. The molecule has 20 heavy (non-hydrogen) atoms. The molecule has 1 heterocycles. The fraction of sp³-hybridized carbons (Fsp3) is 0.267. The van der Waals surface area contributed by atoms with Crippen molar-refractivity contribution in [2.45, 2.75) is 24.7 Å². The highest BCUT2D eigenvalue weighted by Crippen LogP contribution is 2.20. The first-order valence-corrected chi connectivity index (χ1v) is 7.98. The lowest BCUT2D eigenvalue weighted by atomic mass is 10.1. The van der Waals surface area contributed by atoms with Crippen molar-refractivity contribution in [3.05, 3.63) is 54.2 Å². The average molecular weight is 290 g/mol. The Balaban J connectivity index is 2.30. The van der Waals surface area contributed by atoms with E-state index in [9.17, 15) is 8.42 Å². The van der Waals surface area contributed by atoms with Gasteiger partial charge in [0, 0.05) is 13.2 Å². The van der Waals surface area contributed by atoms with Crippen LogP contribution < -0.4 is 4.31 Å². The molecular formula is C15H18N2O2S. The second-order valence-electron chi connectivity index (χ2n) is 4.55. The van der Waals surface area contributed by atoms with Crippen LogP contribution in [0.1, 0.15) is 18.9 Å². The second kappa shape index (κ2) is 6.05. The van der Waals surface area contributed by atoms with Crippen LogP contribution in [0, 0.1) is 0 Å². The zero-order chi connectivity index (χ0) is 14.6.